The third kappa shape index (κ3) is 3.11. The Hall–Kier alpha value is -2.63. The van der Waals surface area contributed by atoms with Crippen molar-refractivity contribution in [2.24, 2.45) is 0 Å². The van der Waals surface area contributed by atoms with Gasteiger partial charge in [-0.2, -0.15) is 0 Å². The Labute approximate surface area is 153 Å². The summed E-state index contributed by atoms with van der Waals surface area (Å²) in [6, 6.07) is 8.08. The number of likely N-dealkylation sites (tertiary alicyclic amines) is 1. The molecule has 2 aromatic heterocycles. The number of imidazole rings is 2. The van der Waals surface area contributed by atoms with E-state index in [4.69, 9.17) is 4.98 Å². The predicted octanol–water partition coefficient (Wildman–Crippen LogP) is 3.64. The number of nitrogens with one attached hydrogen (secondary N) is 1. The smallest absolute Gasteiger partial charge is 0.224 e. The highest BCUT2D eigenvalue weighted by Gasteiger charge is 2.31. The van der Waals surface area contributed by atoms with E-state index in [1.54, 1.807) is 0 Å². The molecule has 0 bridgehead atoms. The van der Waals surface area contributed by atoms with Crippen LogP contribution in [0.15, 0.2) is 36.7 Å². The van der Waals surface area contributed by atoms with E-state index in [0.29, 0.717) is 18.9 Å². The number of carbonyl (C=O) groups excluding carboxylic acids is 1. The average Bonchev–Trinajstić information content (AvgIpc) is 3.37. The number of H-pyrrole nitrogens is 1. The molecule has 1 atom stereocenters. The number of amides is 1. The highest BCUT2D eigenvalue weighted by Crippen LogP contribution is 2.32. The number of hydrogen-bond donors (Lipinski definition) is 1. The van der Waals surface area contributed by atoms with Gasteiger partial charge in [0.1, 0.15) is 11.6 Å². The van der Waals surface area contributed by atoms with Crippen LogP contribution in [0.3, 0.4) is 0 Å². The molecule has 0 aliphatic carbocycles. The van der Waals surface area contributed by atoms with Gasteiger partial charge >= 0.3 is 0 Å². The average molecular weight is 351 g/mol. The van der Waals surface area contributed by atoms with Crippen LogP contribution in [0, 0.1) is 0 Å². The van der Waals surface area contributed by atoms with Crippen molar-refractivity contribution in [3.8, 4) is 0 Å². The zero-order valence-corrected chi connectivity index (χ0v) is 15.4. The van der Waals surface area contributed by atoms with Crippen LogP contribution in [0.2, 0.25) is 0 Å². The first-order chi connectivity index (χ1) is 12.6. The lowest BCUT2D eigenvalue weighted by Crippen LogP contribution is -2.31. The van der Waals surface area contributed by atoms with Crippen LogP contribution in [-0.4, -0.2) is 36.9 Å². The quantitative estimate of drug-likeness (QED) is 0.763. The molecule has 1 aliphatic rings. The number of fused-ring (bicyclic) bond motifs is 1. The predicted molar refractivity (Wildman–Crippen MR) is 101 cm³/mol. The molecule has 0 saturated carbocycles. The third-order valence-electron chi connectivity index (χ3n) is 5.13. The van der Waals surface area contributed by atoms with Gasteiger partial charge in [-0.25, -0.2) is 9.97 Å². The zero-order valence-electron chi connectivity index (χ0n) is 15.4. The fourth-order valence-electron chi connectivity index (χ4n) is 3.85. The van der Waals surface area contributed by atoms with Gasteiger partial charge < -0.3 is 14.5 Å². The van der Waals surface area contributed by atoms with Gasteiger partial charge in [0.15, 0.2) is 0 Å². The maximum atomic E-state index is 12.9. The van der Waals surface area contributed by atoms with Crippen molar-refractivity contribution >= 4 is 16.9 Å². The molecule has 6 nitrogen and oxygen atoms in total. The first-order valence-electron chi connectivity index (χ1n) is 9.38. The lowest BCUT2D eigenvalue weighted by atomic mass is 10.2. The molecule has 1 saturated heterocycles. The van der Waals surface area contributed by atoms with Crippen LogP contribution in [0.5, 0.6) is 0 Å². The van der Waals surface area contributed by atoms with E-state index in [9.17, 15) is 4.79 Å². The topological polar surface area (TPSA) is 66.8 Å². The van der Waals surface area contributed by atoms with Crippen molar-refractivity contribution in [3.05, 3.63) is 48.3 Å². The SMILES string of the molecule is CC(C)c1nccn1CCC(=O)N1CCCC1c1nc2ccccc2[nH]1. The lowest BCUT2D eigenvalue weighted by Gasteiger charge is -2.23. The van der Waals surface area contributed by atoms with Gasteiger partial charge in [0.2, 0.25) is 5.91 Å². The number of carbonyl (C=O) groups is 1. The van der Waals surface area contributed by atoms with Crippen molar-refractivity contribution in [2.45, 2.75) is 51.6 Å². The van der Waals surface area contributed by atoms with Gasteiger partial charge in [-0.1, -0.05) is 26.0 Å². The fourth-order valence-corrected chi connectivity index (χ4v) is 3.85. The highest BCUT2D eigenvalue weighted by molar-refractivity contribution is 5.78. The molecule has 1 unspecified atom stereocenters. The minimum absolute atomic E-state index is 0.0576. The molecule has 0 radical (unpaired) electrons. The number of nitrogens with zero attached hydrogens (tertiary/aromatic N) is 4. The number of aromatic nitrogens is 4. The van der Waals surface area contributed by atoms with Gasteiger partial charge in [-0.3, -0.25) is 4.79 Å². The summed E-state index contributed by atoms with van der Waals surface area (Å²) in [6.07, 6.45) is 6.26. The molecular weight excluding hydrogens is 326 g/mol. The molecule has 6 heteroatoms. The standard InChI is InChI=1S/C20H25N5O/c1-14(2)20-21-10-13-24(20)12-9-18(26)25-11-5-8-17(25)19-22-15-6-3-4-7-16(15)23-19/h3-4,6-7,10,13-14,17H,5,8-9,11-12H2,1-2H3,(H,22,23). The fraction of sp³-hybridized carbons (Fsp3) is 0.450. The molecule has 0 spiro atoms. The minimum atomic E-state index is 0.0576. The van der Waals surface area contributed by atoms with E-state index in [0.717, 1.165) is 42.1 Å². The Morgan fingerprint density at radius 3 is 3.00 bits per heavy atom. The summed E-state index contributed by atoms with van der Waals surface area (Å²) in [5.41, 5.74) is 1.99. The van der Waals surface area contributed by atoms with E-state index >= 15 is 0 Å². The van der Waals surface area contributed by atoms with E-state index in [1.807, 2.05) is 41.6 Å². The summed E-state index contributed by atoms with van der Waals surface area (Å²) in [4.78, 5) is 27.4. The van der Waals surface area contributed by atoms with Gasteiger partial charge in [0.25, 0.3) is 0 Å². The second kappa shape index (κ2) is 6.94. The molecule has 3 aromatic rings. The van der Waals surface area contributed by atoms with Crippen molar-refractivity contribution in [1.29, 1.82) is 0 Å². The first-order valence-corrected chi connectivity index (χ1v) is 9.38. The first kappa shape index (κ1) is 16.8. The van der Waals surface area contributed by atoms with Crippen molar-refractivity contribution < 1.29 is 4.79 Å². The van der Waals surface area contributed by atoms with Gasteiger partial charge in [-0.05, 0) is 25.0 Å². The highest BCUT2D eigenvalue weighted by atomic mass is 16.2. The van der Waals surface area contributed by atoms with E-state index in [2.05, 4.69) is 28.4 Å². The summed E-state index contributed by atoms with van der Waals surface area (Å²) in [7, 11) is 0. The molecule has 1 aromatic carbocycles. The molecule has 1 fully saturated rings. The second-order valence-electron chi connectivity index (χ2n) is 7.27. The minimum Gasteiger partial charge on any atom is -0.340 e. The summed E-state index contributed by atoms with van der Waals surface area (Å²) >= 11 is 0. The molecule has 26 heavy (non-hydrogen) atoms. The maximum Gasteiger partial charge on any atom is 0.224 e. The van der Waals surface area contributed by atoms with Crippen LogP contribution < -0.4 is 0 Å². The second-order valence-corrected chi connectivity index (χ2v) is 7.27. The van der Waals surface area contributed by atoms with Gasteiger partial charge in [0, 0.05) is 37.8 Å². The van der Waals surface area contributed by atoms with Crippen LogP contribution >= 0.6 is 0 Å². The van der Waals surface area contributed by atoms with E-state index in [-0.39, 0.29) is 11.9 Å². The Morgan fingerprint density at radius 1 is 1.35 bits per heavy atom. The lowest BCUT2D eigenvalue weighted by molar-refractivity contribution is -0.132. The number of hydrogen-bond acceptors (Lipinski definition) is 3. The number of aryl methyl sites for hydroxylation is 1. The number of benzene rings is 1. The summed E-state index contributed by atoms with van der Waals surface area (Å²) in [6.45, 7) is 5.73. The zero-order chi connectivity index (χ0) is 18.1. The number of para-hydroxylation sites is 2. The normalized spacial score (nSPS) is 17.5. The molecule has 1 N–H and O–H groups in total. The van der Waals surface area contributed by atoms with Crippen molar-refractivity contribution in [3.63, 3.8) is 0 Å². The van der Waals surface area contributed by atoms with Crippen LogP contribution in [0.1, 0.15) is 56.7 Å². The Bertz CT molecular complexity index is 877. The molecule has 4 rings (SSSR count). The van der Waals surface area contributed by atoms with Crippen molar-refractivity contribution in [2.75, 3.05) is 6.54 Å². The Morgan fingerprint density at radius 2 is 2.19 bits per heavy atom. The largest absolute Gasteiger partial charge is 0.340 e. The summed E-state index contributed by atoms with van der Waals surface area (Å²) in [5.74, 6) is 2.49. The van der Waals surface area contributed by atoms with Crippen LogP contribution in [0.4, 0.5) is 0 Å². The van der Waals surface area contributed by atoms with Crippen molar-refractivity contribution in [1.82, 2.24) is 24.4 Å². The van der Waals surface area contributed by atoms with Crippen LogP contribution in [-0.2, 0) is 11.3 Å². The van der Waals surface area contributed by atoms with E-state index < -0.39 is 0 Å². The Kier molecular flexibility index (Phi) is 4.49. The molecule has 1 aliphatic heterocycles. The molecular formula is C20H25N5O. The van der Waals surface area contributed by atoms with Gasteiger partial charge in [-0.15, -0.1) is 0 Å². The van der Waals surface area contributed by atoms with E-state index in [1.165, 1.54) is 0 Å². The maximum absolute atomic E-state index is 12.9. The summed E-state index contributed by atoms with van der Waals surface area (Å²) < 4.78 is 2.09. The number of rotatable bonds is 5. The monoisotopic (exact) mass is 351 g/mol. The van der Waals surface area contributed by atoms with Gasteiger partial charge in [0.05, 0.1) is 17.1 Å². The molecule has 3 heterocycles. The van der Waals surface area contributed by atoms with Crippen LogP contribution in [0.25, 0.3) is 11.0 Å². The third-order valence-corrected chi connectivity index (χ3v) is 5.13. The molecule has 136 valence electrons. The Balaban J connectivity index is 1.47. The molecule has 1 amide bonds. The number of aromatic amines is 1. The summed E-state index contributed by atoms with van der Waals surface area (Å²) in [5, 5.41) is 0.